The molecule has 1 aromatic heterocycles. The van der Waals surface area contributed by atoms with E-state index in [9.17, 15) is 0 Å². The molecule has 3 heteroatoms. The molecular weight excluding hydrogens is 583 g/mol. The summed E-state index contributed by atoms with van der Waals surface area (Å²) < 4.78 is 0. The highest BCUT2D eigenvalue weighted by atomic mass is 15.0. The molecule has 224 valence electrons. The van der Waals surface area contributed by atoms with Crippen molar-refractivity contribution in [2.24, 2.45) is 0 Å². The van der Waals surface area contributed by atoms with Crippen LogP contribution >= 0.6 is 0 Å². The first-order valence-electron chi connectivity index (χ1n) is 16.2. The van der Waals surface area contributed by atoms with Gasteiger partial charge in [-0.2, -0.15) is 0 Å². The van der Waals surface area contributed by atoms with Crippen LogP contribution in [0.5, 0.6) is 0 Å². The summed E-state index contributed by atoms with van der Waals surface area (Å²) in [7, 11) is 0. The fourth-order valence-electron chi connectivity index (χ4n) is 6.57. The summed E-state index contributed by atoms with van der Waals surface area (Å²) >= 11 is 0. The molecule has 0 fully saturated rings. The lowest BCUT2D eigenvalue weighted by Gasteiger charge is -2.11. The van der Waals surface area contributed by atoms with Crippen molar-refractivity contribution in [1.82, 2.24) is 15.0 Å². The van der Waals surface area contributed by atoms with Gasteiger partial charge in [0.1, 0.15) is 0 Å². The van der Waals surface area contributed by atoms with Crippen LogP contribution in [-0.2, 0) is 0 Å². The van der Waals surface area contributed by atoms with Crippen molar-refractivity contribution in [3.8, 4) is 56.4 Å². The van der Waals surface area contributed by atoms with Gasteiger partial charge in [0.05, 0.1) is 0 Å². The molecule has 9 aromatic rings. The molecule has 1 heterocycles. The van der Waals surface area contributed by atoms with Crippen LogP contribution in [0.2, 0.25) is 0 Å². The van der Waals surface area contributed by atoms with Crippen LogP contribution in [0, 0.1) is 0 Å². The Hall–Kier alpha value is -6.45. The topological polar surface area (TPSA) is 38.7 Å². The zero-order chi connectivity index (χ0) is 31.9. The van der Waals surface area contributed by atoms with E-state index in [1.807, 2.05) is 30.3 Å². The van der Waals surface area contributed by atoms with Gasteiger partial charge in [0.15, 0.2) is 17.5 Å². The normalized spacial score (nSPS) is 11.3. The number of aromatic nitrogens is 3. The maximum atomic E-state index is 5.07. The molecule has 8 aromatic carbocycles. The average Bonchev–Trinajstić information content (AvgIpc) is 3.17. The summed E-state index contributed by atoms with van der Waals surface area (Å²) in [6.45, 7) is 0. The largest absolute Gasteiger partial charge is 0.208 e. The zero-order valence-electron chi connectivity index (χ0n) is 26.1. The minimum atomic E-state index is 0.648. The molecule has 0 unspecified atom stereocenters. The Labute approximate surface area is 278 Å². The van der Waals surface area contributed by atoms with Crippen molar-refractivity contribution in [2.75, 3.05) is 0 Å². The van der Waals surface area contributed by atoms with Crippen LogP contribution in [0.4, 0.5) is 0 Å². The second kappa shape index (κ2) is 11.7. The average molecular weight is 612 g/mol. The van der Waals surface area contributed by atoms with Gasteiger partial charge >= 0.3 is 0 Å². The molecule has 0 spiro atoms. The number of nitrogens with zero attached hydrogens (tertiary/aromatic N) is 3. The molecule has 0 saturated carbocycles. The van der Waals surface area contributed by atoms with E-state index >= 15 is 0 Å². The Balaban J connectivity index is 1.11. The highest BCUT2D eigenvalue weighted by molar-refractivity contribution is 5.96. The number of fused-ring (bicyclic) bond motifs is 3. The van der Waals surface area contributed by atoms with Crippen LogP contribution < -0.4 is 0 Å². The lowest BCUT2D eigenvalue weighted by Crippen LogP contribution is -2.00. The van der Waals surface area contributed by atoms with Gasteiger partial charge in [-0.1, -0.05) is 152 Å². The second-order valence-electron chi connectivity index (χ2n) is 12.1. The van der Waals surface area contributed by atoms with E-state index < -0.39 is 0 Å². The third-order valence-electron chi connectivity index (χ3n) is 9.08. The number of benzene rings is 8. The molecule has 0 radical (unpaired) electrons. The van der Waals surface area contributed by atoms with Crippen molar-refractivity contribution < 1.29 is 0 Å². The van der Waals surface area contributed by atoms with E-state index in [0.29, 0.717) is 17.5 Å². The van der Waals surface area contributed by atoms with Gasteiger partial charge in [0.2, 0.25) is 0 Å². The molecule has 48 heavy (non-hydrogen) atoms. The predicted octanol–water partition coefficient (Wildman–Crippen LogP) is 11.7. The van der Waals surface area contributed by atoms with E-state index in [0.717, 1.165) is 38.6 Å². The van der Waals surface area contributed by atoms with Crippen LogP contribution in [0.1, 0.15) is 0 Å². The molecule has 0 saturated heterocycles. The second-order valence-corrected chi connectivity index (χ2v) is 12.1. The van der Waals surface area contributed by atoms with E-state index in [1.54, 1.807) is 0 Å². The number of hydrogen-bond acceptors (Lipinski definition) is 3. The van der Waals surface area contributed by atoms with Crippen molar-refractivity contribution in [1.29, 1.82) is 0 Å². The first-order valence-corrected chi connectivity index (χ1v) is 16.2. The van der Waals surface area contributed by atoms with E-state index in [1.165, 1.54) is 32.7 Å². The lowest BCUT2D eigenvalue weighted by atomic mass is 9.96. The molecule has 0 amide bonds. The summed E-state index contributed by atoms with van der Waals surface area (Å²) in [6, 6.07) is 61.9. The van der Waals surface area contributed by atoms with Gasteiger partial charge in [-0.05, 0) is 78.8 Å². The highest BCUT2D eigenvalue weighted by Gasteiger charge is 2.15. The fourth-order valence-corrected chi connectivity index (χ4v) is 6.57. The molecule has 9 rings (SSSR count). The van der Waals surface area contributed by atoms with Crippen molar-refractivity contribution >= 4 is 32.3 Å². The molecule has 3 nitrogen and oxygen atoms in total. The van der Waals surface area contributed by atoms with Gasteiger partial charge in [-0.15, -0.1) is 0 Å². The Kier molecular flexibility index (Phi) is 6.80. The van der Waals surface area contributed by atoms with Crippen LogP contribution in [0.15, 0.2) is 176 Å². The summed E-state index contributed by atoms with van der Waals surface area (Å²) in [5, 5.41) is 7.19. The highest BCUT2D eigenvalue weighted by Crippen LogP contribution is 2.33. The molecule has 0 bridgehead atoms. The Morgan fingerprint density at radius 2 is 0.708 bits per heavy atom. The first-order chi connectivity index (χ1) is 23.7. The molecular formula is C45H29N3. The molecule has 0 aliphatic carbocycles. The predicted molar refractivity (Wildman–Crippen MR) is 200 cm³/mol. The summed E-state index contributed by atoms with van der Waals surface area (Å²) in [5.74, 6) is 1.96. The minimum Gasteiger partial charge on any atom is -0.208 e. The van der Waals surface area contributed by atoms with Crippen molar-refractivity contribution in [2.45, 2.75) is 0 Å². The van der Waals surface area contributed by atoms with Crippen LogP contribution in [0.3, 0.4) is 0 Å². The zero-order valence-corrected chi connectivity index (χ0v) is 26.1. The lowest BCUT2D eigenvalue weighted by molar-refractivity contribution is 1.08. The standard InChI is InChI=1S/C45H29N3/c1-2-12-32(13-3-1)43-46-44(48-45(47-43)42-19-9-15-31-11-6-7-18-41(31)42)40-17-8-16-34(29-40)35-22-23-39-28-38(25-24-37(39)27-35)36-21-20-30-10-4-5-14-33(30)26-36/h1-29H. The molecule has 0 aliphatic heterocycles. The Morgan fingerprint density at radius 3 is 1.44 bits per heavy atom. The van der Waals surface area contributed by atoms with Gasteiger partial charge < -0.3 is 0 Å². The summed E-state index contributed by atoms with van der Waals surface area (Å²) in [4.78, 5) is 15.1. The van der Waals surface area contributed by atoms with E-state index in [-0.39, 0.29) is 0 Å². The van der Waals surface area contributed by atoms with Crippen molar-refractivity contribution in [3.05, 3.63) is 176 Å². The van der Waals surface area contributed by atoms with Crippen LogP contribution in [0.25, 0.3) is 88.7 Å². The smallest absolute Gasteiger partial charge is 0.164 e. The van der Waals surface area contributed by atoms with Gasteiger partial charge in [0, 0.05) is 16.7 Å². The van der Waals surface area contributed by atoms with Gasteiger partial charge in [-0.25, -0.2) is 15.0 Å². The summed E-state index contributed by atoms with van der Waals surface area (Å²) in [6.07, 6.45) is 0. The van der Waals surface area contributed by atoms with Gasteiger partial charge in [-0.3, -0.25) is 0 Å². The fraction of sp³-hybridized carbons (Fsp3) is 0. The minimum absolute atomic E-state index is 0.648. The van der Waals surface area contributed by atoms with E-state index in [2.05, 4.69) is 146 Å². The quantitative estimate of drug-likeness (QED) is 0.194. The molecule has 0 N–H and O–H groups in total. The van der Waals surface area contributed by atoms with Gasteiger partial charge in [0.25, 0.3) is 0 Å². The maximum absolute atomic E-state index is 5.07. The third-order valence-corrected chi connectivity index (χ3v) is 9.08. The summed E-state index contributed by atoms with van der Waals surface area (Å²) in [5.41, 5.74) is 7.59. The first kappa shape index (κ1) is 27.8. The van der Waals surface area contributed by atoms with Crippen LogP contribution in [-0.4, -0.2) is 15.0 Å². The number of hydrogen-bond donors (Lipinski definition) is 0. The van der Waals surface area contributed by atoms with Crippen molar-refractivity contribution in [3.63, 3.8) is 0 Å². The third kappa shape index (κ3) is 5.18. The molecule has 0 aliphatic rings. The van der Waals surface area contributed by atoms with E-state index in [4.69, 9.17) is 15.0 Å². The maximum Gasteiger partial charge on any atom is 0.164 e. The Morgan fingerprint density at radius 1 is 0.250 bits per heavy atom. The monoisotopic (exact) mass is 611 g/mol. The molecule has 0 atom stereocenters. The number of rotatable bonds is 5. The Bertz CT molecular complexity index is 2620. The SMILES string of the molecule is c1ccc(-c2nc(-c3cccc(-c4ccc5cc(-c6ccc7ccccc7c6)ccc5c4)c3)nc(-c3cccc4ccccc34)n2)cc1.